The SMILES string of the molecule is CCC(CCCSc1ccc(Br)cc1)(NC)C(=O)O. The molecule has 2 N–H and O–H groups in total. The van der Waals surface area contributed by atoms with Crippen molar-refractivity contribution < 1.29 is 9.90 Å². The molecule has 0 spiro atoms. The minimum absolute atomic E-state index is 0.599. The molecule has 0 saturated heterocycles. The number of carboxylic acids is 1. The maximum absolute atomic E-state index is 11.3. The van der Waals surface area contributed by atoms with Crippen LogP contribution in [0.4, 0.5) is 0 Å². The van der Waals surface area contributed by atoms with E-state index < -0.39 is 11.5 Å². The Bertz CT molecular complexity index is 404. The second kappa shape index (κ2) is 7.92. The van der Waals surface area contributed by atoms with Gasteiger partial charge in [0.15, 0.2) is 0 Å². The molecule has 0 bridgehead atoms. The van der Waals surface area contributed by atoms with Gasteiger partial charge < -0.3 is 10.4 Å². The van der Waals surface area contributed by atoms with Gasteiger partial charge in [0.1, 0.15) is 5.54 Å². The first kappa shape index (κ1) is 16.5. The van der Waals surface area contributed by atoms with Crippen molar-refractivity contribution in [2.45, 2.75) is 36.6 Å². The molecule has 0 fully saturated rings. The quantitative estimate of drug-likeness (QED) is 0.556. The van der Waals surface area contributed by atoms with E-state index in [1.54, 1.807) is 18.8 Å². The van der Waals surface area contributed by atoms with Gasteiger partial charge in [0, 0.05) is 9.37 Å². The Morgan fingerprint density at radius 2 is 2.05 bits per heavy atom. The van der Waals surface area contributed by atoms with Gasteiger partial charge in [0.25, 0.3) is 0 Å². The Kier molecular flexibility index (Phi) is 6.89. The number of thioether (sulfide) groups is 1. The second-order valence-corrected chi connectivity index (χ2v) is 6.48. The molecular formula is C14H20BrNO2S. The lowest BCUT2D eigenvalue weighted by molar-refractivity contribution is -0.145. The van der Waals surface area contributed by atoms with Gasteiger partial charge in [-0.1, -0.05) is 22.9 Å². The van der Waals surface area contributed by atoms with Crippen LogP contribution in [0.25, 0.3) is 0 Å². The number of benzene rings is 1. The van der Waals surface area contributed by atoms with Crippen LogP contribution < -0.4 is 5.32 Å². The predicted molar refractivity (Wildman–Crippen MR) is 83.8 cm³/mol. The number of carbonyl (C=O) groups is 1. The molecule has 0 aliphatic carbocycles. The fourth-order valence-electron chi connectivity index (χ4n) is 1.94. The number of carboxylic acid groups (broad SMARTS) is 1. The maximum Gasteiger partial charge on any atom is 0.323 e. The Morgan fingerprint density at radius 3 is 2.53 bits per heavy atom. The minimum Gasteiger partial charge on any atom is -0.480 e. The van der Waals surface area contributed by atoms with Crippen LogP contribution in [0.2, 0.25) is 0 Å². The van der Waals surface area contributed by atoms with E-state index in [1.807, 2.05) is 19.1 Å². The molecule has 1 aromatic carbocycles. The largest absolute Gasteiger partial charge is 0.480 e. The van der Waals surface area contributed by atoms with E-state index in [0.29, 0.717) is 12.8 Å². The van der Waals surface area contributed by atoms with Crippen LogP contribution in [0.15, 0.2) is 33.6 Å². The molecule has 19 heavy (non-hydrogen) atoms. The third-order valence-corrected chi connectivity index (χ3v) is 4.95. The van der Waals surface area contributed by atoms with E-state index >= 15 is 0 Å². The summed E-state index contributed by atoms with van der Waals surface area (Å²) in [5.41, 5.74) is -0.778. The van der Waals surface area contributed by atoms with E-state index in [1.165, 1.54) is 4.90 Å². The topological polar surface area (TPSA) is 49.3 Å². The maximum atomic E-state index is 11.3. The van der Waals surface area contributed by atoms with Gasteiger partial charge in [-0.05, 0) is 56.3 Å². The average Bonchev–Trinajstić information content (AvgIpc) is 2.41. The molecule has 0 aliphatic heterocycles. The van der Waals surface area contributed by atoms with Crippen molar-refractivity contribution >= 4 is 33.7 Å². The first-order valence-corrected chi connectivity index (χ1v) is 8.12. The van der Waals surface area contributed by atoms with Crippen LogP contribution in [0.5, 0.6) is 0 Å². The lowest BCUT2D eigenvalue weighted by atomic mass is 9.91. The summed E-state index contributed by atoms with van der Waals surface area (Å²) in [6.45, 7) is 1.91. The highest BCUT2D eigenvalue weighted by Crippen LogP contribution is 2.24. The second-order valence-electron chi connectivity index (χ2n) is 4.40. The van der Waals surface area contributed by atoms with Gasteiger partial charge in [-0.3, -0.25) is 4.79 Å². The third kappa shape index (κ3) is 4.82. The van der Waals surface area contributed by atoms with Crippen molar-refractivity contribution in [1.29, 1.82) is 0 Å². The Morgan fingerprint density at radius 1 is 1.42 bits per heavy atom. The Hall–Kier alpha value is -0.520. The van der Waals surface area contributed by atoms with E-state index in [9.17, 15) is 9.90 Å². The van der Waals surface area contributed by atoms with Gasteiger partial charge in [0.2, 0.25) is 0 Å². The number of aliphatic carboxylic acids is 1. The summed E-state index contributed by atoms with van der Waals surface area (Å²) in [5, 5.41) is 12.3. The molecule has 1 rings (SSSR count). The number of hydrogen-bond acceptors (Lipinski definition) is 3. The molecule has 0 saturated carbocycles. The first-order chi connectivity index (χ1) is 9.04. The summed E-state index contributed by atoms with van der Waals surface area (Å²) < 4.78 is 1.07. The van der Waals surface area contributed by atoms with Gasteiger partial charge in [-0.15, -0.1) is 11.8 Å². The zero-order chi connectivity index (χ0) is 14.3. The van der Waals surface area contributed by atoms with Crippen molar-refractivity contribution in [3.63, 3.8) is 0 Å². The highest BCUT2D eigenvalue weighted by molar-refractivity contribution is 9.10. The van der Waals surface area contributed by atoms with Crippen LogP contribution in [0, 0.1) is 0 Å². The zero-order valence-corrected chi connectivity index (χ0v) is 13.7. The molecule has 0 aliphatic rings. The number of halogens is 1. The molecule has 0 aromatic heterocycles. The summed E-state index contributed by atoms with van der Waals surface area (Å²) in [7, 11) is 1.72. The van der Waals surface area contributed by atoms with Gasteiger partial charge in [-0.2, -0.15) is 0 Å². The summed E-state index contributed by atoms with van der Waals surface area (Å²) in [5.74, 6) is 0.171. The van der Waals surface area contributed by atoms with Gasteiger partial charge in [0.05, 0.1) is 0 Å². The molecule has 3 nitrogen and oxygen atoms in total. The first-order valence-electron chi connectivity index (χ1n) is 6.35. The van der Waals surface area contributed by atoms with Crippen molar-refractivity contribution in [3.05, 3.63) is 28.7 Å². The molecule has 0 amide bonds. The van der Waals surface area contributed by atoms with Crippen LogP contribution in [0.1, 0.15) is 26.2 Å². The molecule has 5 heteroatoms. The van der Waals surface area contributed by atoms with Crippen LogP contribution >= 0.6 is 27.7 Å². The predicted octanol–water partition coefficient (Wildman–Crippen LogP) is 3.77. The fourth-order valence-corrected chi connectivity index (χ4v) is 3.06. The van der Waals surface area contributed by atoms with Crippen LogP contribution in [-0.4, -0.2) is 29.4 Å². The van der Waals surface area contributed by atoms with E-state index in [2.05, 4.69) is 33.4 Å². The highest BCUT2D eigenvalue weighted by atomic mass is 79.9. The summed E-state index contributed by atoms with van der Waals surface area (Å²) in [6.07, 6.45) is 2.13. The molecule has 1 atom stereocenters. The van der Waals surface area contributed by atoms with Gasteiger partial charge >= 0.3 is 5.97 Å². The number of nitrogens with one attached hydrogen (secondary N) is 1. The Labute approximate surface area is 127 Å². The normalized spacial score (nSPS) is 14.1. The lowest BCUT2D eigenvalue weighted by Gasteiger charge is -2.27. The summed E-state index contributed by atoms with van der Waals surface area (Å²) >= 11 is 5.17. The van der Waals surface area contributed by atoms with Crippen molar-refractivity contribution in [1.82, 2.24) is 5.32 Å². The standard InChI is InChI=1S/C14H20BrNO2S/c1-3-14(16-2,13(17)18)9-4-10-19-12-7-5-11(15)6-8-12/h5-8,16H,3-4,9-10H2,1-2H3,(H,17,18). The van der Waals surface area contributed by atoms with Crippen molar-refractivity contribution in [2.24, 2.45) is 0 Å². The van der Waals surface area contributed by atoms with Crippen LogP contribution in [-0.2, 0) is 4.79 Å². The van der Waals surface area contributed by atoms with E-state index in [0.717, 1.165) is 16.6 Å². The highest BCUT2D eigenvalue weighted by Gasteiger charge is 2.33. The van der Waals surface area contributed by atoms with Gasteiger partial charge in [-0.25, -0.2) is 0 Å². The fraction of sp³-hybridized carbons (Fsp3) is 0.500. The summed E-state index contributed by atoms with van der Waals surface area (Å²) in [6, 6.07) is 8.17. The number of likely N-dealkylation sites (N-methyl/N-ethyl adjacent to an activating group) is 1. The zero-order valence-electron chi connectivity index (χ0n) is 11.3. The third-order valence-electron chi connectivity index (χ3n) is 3.32. The monoisotopic (exact) mass is 345 g/mol. The average molecular weight is 346 g/mol. The van der Waals surface area contributed by atoms with Crippen molar-refractivity contribution in [2.75, 3.05) is 12.8 Å². The smallest absolute Gasteiger partial charge is 0.323 e. The van der Waals surface area contributed by atoms with Crippen LogP contribution in [0.3, 0.4) is 0 Å². The minimum atomic E-state index is -0.778. The lowest BCUT2D eigenvalue weighted by Crippen LogP contribution is -2.49. The molecular weight excluding hydrogens is 326 g/mol. The summed E-state index contributed by atoms with van der Waals surface area (Å²) in [4.78, 5) is 12.5. The molecule has 106 valence electrons. The number of hydrogen-bond donors (Lipinski definition) is 2. The van der Waals surface area contributed by atoms with E-state index in [-0.39, 0.29) is 0 Å². The molecule has 0 radical (unpaired) electrons. The van der Waals surface area contributed by atoms with Crippen molar-refractivity contribution in [3.8, 4) is 0 Å². The Balaban J connectivity index is 2.41. The van der Waals surface area contributed by atoms with E-state index in [4.69, 9.17) is 0 Å². The molecule has 1 aromatic rings. The molecule has 1 unspecified atom stereocenters. The number of rotatable bonds is 8. The molecule has 0 heterocycles.